The van der Waals surface area contributed by atoms with Crippen LogP contribution in [0.4, 0.5) is 17.6 Å². The molecule has 0 unspecified atom stereocenters. The third kappa shape index (κ3) is 4.80. The van der Waals surface area contributed by atoms with E-state index in [1.807, 2.05) is 0 Å². The van der Waals surface area contributed by atoms with Crippen LogP contribution in [0.2, 0.25) is 0 Å². The van der Waals surface area contributed by atoms with Gasteiger partial charge in [0.15, 0.2) is 0 Å². The van der Waals surface area contributed by atoms with Crippen molar-refractivity contribution in [1.29, 1.82) is 0 Å². The van der Waals surface area contributed by atoms with Crippen molar-refractivity contribution in [3.63, 3.8) is 0 Å². The van der Waals surface area contributed by atoms with E-state index in [-0.39, 0.29) is 24.1 Å². The van der Waals surface area contributed by atoms with Crippen LogP contribution < -0.4 is 4.74 Å². The second-order valence-electron chi connectivity index (χ2n) is 8.97. The fourth-order valence-corrected chi connectivity index (χ4v) is 4.65. The molecule has 1 saturated carbocycles. The van der Waals surface area contributed by atoms with Gasteiger partial charge < -0.3 is 9.64 Å². The third-order valence-electron chi connectivity index (χ3n) is 6.48. The SMILES string of the molecule is O=C1[C@H]2C[C@H](Oc3cnc(C4CC4)cn3)CN2CCCN1Cc1ccc(F)c(C(F)(F)F)c1. The molecular weight excluding hydrogens is 440 g/mol. The Bertz CT molecular complexity index is 1030. The summed E-state index contributed by atoms with van der Waals surface area (Å²) >= 11 is 0. The average Bonchev–Trinajstić information content (AvgIpc) is 3.56. The molecule has 33 heavy (non-hydrogen) atoms. The van der Waals surface area contributed by atoms with Gasteiger partial charge >= 0.3 is 6.18 Å². The third-order valence-corrected chi connectivity index (χ3v) is 6.48. The van der Waals surface area contributed by atoms with E-state index in [2.05, 4.69) is 14.9 Å². The maximum atomic E-state index is 13.6. The smallest absolute Gasteiger partial charge is 0.419 e. The summed E-state index contributed by atoms with van der Waals surface area (Å²) in [5.41, 5.74) is -0.0858. The predicted molar refractivity (Wildman–Crippen MR) is 110 cm³/mol. The summed E-state index contributed by atoms with van der Waals surface area (Å²) in [4.78, 5) is 25.6. The highest BCUT2D eigenvalue weighted by molar-refractivity contribution is 5.82. The Morgan fingerprint density at radius 2 is 1.94 bits per heavy atom. The molecule has 3 heterocycles. The molecule has 0 bridgehead atoms. The molecule has 5 rings (SSSR count). The van der Waals surface area contributed by atoms with E-state index >= 15 is 0 Å². The maximum Gasteiger partial charge on any atom is 0.419 e. The molecule has 3 aliphatic rings. The normalized spacial score (nSPS) is 24.0. The highest BCUT2D eigenvalue weighted by Gasteiger charge is 2.42. The summed E-state index contributed by atoms with van der Waals surface area (Å²) in [7, 11) is 0. The lowest BCUT2D eigenvalue weighted by atomic mass is 10.1. The number of nitrogens with zero attached hydrogens (tertiary/aromatic N) is 4. The second-order valence-corrected chi connectivity index (χ2v) is 8.97. The fraction of sp³-hybridized carbons (Fsp3) is 0.522. The topological polar surface area (TPSA) is 58.6 Å². The van der Waals surface area contributed by atoms with Crippen LogP contribution in [0.5, 0.6) is 5.88 Å². The second kappa shape index (κ2) is 8.55. The van der Waals surface area contributed by atoms with Crippen molar-refractivity contribution in [3.8, 4) is 5.88 Å². The number of aromatic nitrogens is 2. The minimum absolute atomic E-state index is 0.00611. The van der Waals surface area contributed by atoms with Crippen LogP contribution in [0.25, 0.3) is 0 Å². The number of carbonyl (C=O) groups excluding carboxylic acids is 1. The van der Waals surface area contributed by atoms with Crippen LogP contribution in [0.15, 0.2) is 30.6 Å². The van der Waals surface area contributed by atoms with Crippen LogP contribution >= 0.6 is 0 Å². The van der Waals surface area contributed by atoms with E-state index < -0.39 is 23.6 Å². The van der Waals surface area contributed by atoms with Crippen molar-refractivity contribution in [2.75, 3.05) is 19.6 Å². The van der Waals surface area contributed by atoms with E-state index in [4.69, 9.17) is 4.74 Å². The van der Waals surface area contributed by atoms with E-state index in [1.165, 1.54) is 6.07 Å². The van der Waals surface area contributed by atoms with Crippen LogP contribution in [-0.4, -0.2) is 57.5 Å². The lowest BCUT2D eigenvalue weighted by Crippen LogP contribution is -2.42. The first-order chi connectivity index (χ1) is 15.8. The maximum absolute atomic E-state index is 13.6. The Balaban J connectivity index is 1.25. The van der Waals surface area contributed by atoms with Crippen molar-refractivity contribution in [2.24, 2.45) is 0 Å². The summed E-state index contributed by atoms with van der Waals surface area (Å²) in [5, 5.41) is 0. The lowest BCUT2D eigenvalue weighted by Gasteiger charge is -2.25. The zero-order chi connectivity index (χ0) is 23.2. The number of fused-ring (bicyclic) bond motifs is 1. The number of carbonyl (C=O) groups is 1. The first-order valence-corrected chi connectivity index (χ1v) is 11.1. The van der Waals surface area contributed by atoms with Gasteiger partial charge in [0, 0.05) is 38.5 Å². The Morgan fingerprint density at radius 1 is 1.12 bits per heavy atom. The van der Waals surface area contributed by atoms with Crippen molar-refractivity contribution < 1.29 is 27.1 Å². The standard InChI is InChI=1S/C23H24F4N4O2/c24-18-5-2-14(8-17(18)23(25,26)27)12-31-7-1-6-30-13-16(9-20(30)22(31)32)33-21-11-28-19(10-29-21)15-3-4-15/h2,5,8,10-11,15-16,20H,1,3-4,6-7,9,12-13H2/t16-,20+/m0/s1. The number of hydrogen-bond donors (Lipinski definition) is 0. The number of rotatable bonds is 5. The summed E-state index contributed by atoms with van der Waals surface area (Å²) in [6.07, 6.45) is 1.81. The quantitative estimate of drug-likeness (QED) is 0.631. The summed E-state index contributed by atoms with van der Waals surface area (Å²) in [6, 6.07) is 2.49. The Morgan fingerprint density at radius 3 is 2.64 bits per heavy atom. The summed E-state index contributed by atoms with van der Waals surface area (Å²) in [6.45, 7) is 1.71. The molecule has 1 aromatic carbocycles. The number of ether oxygens (including phenoxy) is 1. The predicted octanol–water partition coefficient (Wildman–Crippen LogP) is 3.77. The van der Waals surface area contributed by atoms with Crippen molar-refractivity contribution in [2.45, 2.75) is 56.5 Å². The zero-order valence-electron chi connectivity index (χ0n) is 17.9. The molecule has 0 radical (unpaired) electrons. The Hall–Kier alpha value is -2.75. The van der Waals surface area contributed by atoms with Gasteiger partial charge in [-0.3, -0.25) is 14.7 Å². The molecule has 10 heteroatoms. The summed E-state index contributed by atoms with van der Waals surface area (Å²) in [5.74, 6) is -0.527. The monoisotopic (exact) mass is 464 g/mol. The van der Waals surface area contributed by atoms with Gasteiger partial charge in [-0.1, -0.05) is 6.07 Å². The van der Waals surface area contributed by atoms with Crippen LogP contribution in [0.3, 0.4) is 0 Å². The van der Waals surface area contributed by atoms with E-state index in [0.717, 1.165) is 30.7 Å². The van der Waals surface area contributed by atoms with Gasteiger partial charge in [0.25, 0.3) is 0 Å². The van der Waals surface area contributed by atoms with Gasteiger partial charge in [0.2, 0.25) is 11.8 Å². The van der Waals surface area contributed by atoms with Gasteiger partial charge in [-0.2, -0.15) is 13.2 Å². The molecule has 1 aromatic heterocycles. The molecule has 3 fully saturated rings. The molecule has 2 saturated heterocycles. The van der Waals surface area contributed by atoms with Gasteiger partial charge in [-0.25, -0.2) is 9.37 Å². The van der Waals surface area contributed by atoms with Gasteiger partial charge in [0.05, 0.1) is 29.7 Å². The average molecular weight is 464 g/mol. The molecule has 0 spiro atoms. The molecule has 176 valence electrons. The lowest BCUT2D eigenvalue weighted by molar-refractivity contribution is -0.140. The van der Waals surface area contributed by atoms with Gasteiger partial charge in [-0.05, 0) is 37.0 Å². The van der Waals surface area contributed by atoms with E-state index in [9.17, 15) is 22.4 Å². The molecule has 6 nitrogen and oxygen atoms in total. The van der Waals surface area contributed by atoms with Crippen molar-refractivity contribution in [1.82, 2.24) is 19.8 Å². The minimum atomic E-state index is -4.78. The number of hydrogen-bond acceptors (Lipinski definition) is 5. The first-order valence-electron chi connectivity index (χ1n) is 11.1. The fourth-order valence-electron chi connectivity index (χ4n) is 4.65. The van der Waals surface area contributed by atoms with Crippen LogP contribution in [0.1, 0.15) is 48.4 Å². The van der Waals surface area contributed by atoms with Crippen LogP contribution in [0, 0.1) is 5.82 Å². The highest BCUT2D eigenvalue weighted by atomic mass is 19.4. The molecule has 2 aromatic rings. The number of halogens is 4. The van der Waals surface area contributed by atoms with Crippen molar-refractivity contribution >= 4 is 5.91 Å². The van der Waals surface area contributed by atoms with E-state index in [0.29, 0.717) is 44.3 Å². The zero-order valence-corrected chi connectivity index (χ0v) is 17.9. The number of benzene rings is 1. The molecule has 2 atom stereocenters. The minimum Gasteiger partial charge on any atom is -0.472 e. The molecule has 2 aliphatic heterocycles. The largest absolute Gasteiger partial charge is 0.472 e. The Kier molecular flexibility index (Phi) is 5.72. The van der Waals surface area contributed by atoms with Crippen LogP contribution in [-0.2, 0) is 17.5 Å². The van der Waals surface area contributed by atoms with Crippen molar-refractivity contribution in [3.05, 3.63) is 53.2 Å². The highest BCUT2D eigenvalue weighted by Crippen LogP contribution is 2.38. The van der Waals surface area contributed by atoms with E-state index in [1.54, 1.807) is 17.3 Å². The molecule has 1 aliphatic carbocycles. The first kappa shape index (κ1) is 22.1. The van der Waals surface area contributed by atoms with Gasteiger partial charge in [-0.15, -0.1) is 0 Å². The molecule has 0 N–H and O–H groups in total. The van der Waals surface area contributed by atoms with Gasteiger partial charge in [0.1, 0.15) is 11.9 Å². The molecular formula is C23H24F4N4O2. The summed E-state index contributed by atoms with van der Waals surface area (Å²) < 4.78 is 58.8. The number of amides is 1. The molecule has 1 amide bonds. The Labute approximate surface area is 188 Å². The number of alkyl halides is 3.